The molecule has 1 unspecified atom stereocenters. The minimum atomic E-state index is 0.0498. The fourth-order valence-electron chi connectivity index (χ4n) is 2.90. The van der Waals surface area contributed by atoms with Crippen molar-refractivity contribution < 1.29 is 9.47 Å². The summed E-state index contributed by atoms with van der Waals surface area (Å²) in [5.74, 6) is 0.870. The Kier molecular flexibility index (Phi) is 8.44. The van der Waals surface area contributed by atoms with E-state index in [0.717, 1.165) is 17.7 Å². The molecule has 0 bridgehead atoms. The van der Waals surface area contributed by atoms with Gasteiger partial charge in [-0.15, -0.1) is 0 Å². The zero-order valence-corrected chi connectivity index (χ0v) is 17.8. The van der Waals surface area contributed by atoms with Crippen LogP contribution in [0.4, 0.5) is 0 Å². The first-order valence-electron chi connectivity index (χ1n) is 9.10. The maximum absolute atomic E-state index is 6.18. The van der Waals surface area contributed by atoms with Crippen LogP contribution in [0.1, 0.15) is 32.3 Å². The molecule has 0 radical (unpaired) electrons. The second-order valence-electron chi connectivity index (χ2n) is 7.07. The van der Waals surface area contributed by atoms with Gasteiger partial charge in [-0.05, 0) is 0 Å². The fourth-order valence-corrected chi connectivity index (χ4v) is 4.73. The molecule has 0 aliphatic heterocycles. The van der Waals surface area contributed by atoms with Gasteiger partial charge in [0.05, 0.1) is 7.11 Å². The van der Waals surface area contributed by atoms with Gasteiger partial charge in [0.25, 0.3) is 0 Å². The Bertz CT molecular complexity index is 650. The van der Waals surface area contributed by atoms with Gasteiger partial charge in [0.15, 0.2) is 0 Å². The van der Waals surface area contributed by atoms with Crippen LogP contribution in [-0.4, -0.2) is 28.2 Å². The number of rotatable bonds is 11. The van der Waals surface area contributed by atoms with E-state index < -0.39 is 0 Å². The standard InChI is InChI=1S/C23H30O2Se/c1-5-22(25-18-19-12-14-20(24-4)15-13-19)23(2,3)16-9-17-26-21-10-7-6-8-11-21/h5-8,10-15,22H,1,9,16-18H2,2-4H3. The van der Waals surface area contributed by atoms with E-state index in [1.807, 2.05) is 30.3 Å². The number of hydrogen-bond acceptors (Lipinski definition) is 2. The first-order chi connectivity index (χ1) is 12.5. The molecule has 2 nitrogen and oxygen atoms in total. The molecule has 2 aromatic carbocycles. The van der Waals surface area contributed by atoms with Crippen molar-refractivity contribution in [2.75, 3.05) is 7.11 Å². The van der Waals surface area contributed by atoms with Gasteiger partial charge in [-0.3, -0.25) is 0 Å². The molecule has 0 saturated heterocycles. The summed E-state index contributed by atoms with van der Waals surface area (Å²) in [6.07, 6.45) is 4.36. The third kappa shape index (κ3) is 6.64. The molecule has 26 heavy (non-hydrogen) atoms. The predicted molar refractivity (Wildman–Crippen MR) is 111 cm³/mol. The van der Waals surface area contributed by atoms with Crippen molar-refractivity contribution in [1.82, 2.24) is 0 Å². The van der Waals surface area contributed by atoms with Gasteiger partial charge < -0.3 is 0 Å². The monoisotopic (exact) mass is 418 g/mol. The number of benzene rings is 2. The van der Waals surface area contributed by atoms with Crippen LogP contribution in [0.2, 0.25) is 5.32 Å². The summed E-state index contributed by atoms with van der Waals surface area (Å²) in [7, 11) is 1.68. The minimum absolute atomic E-state index is 0.0498. The molecule has 0 fully saturated rings. The van der Waals surface area contributed by atoms with Gasteiger partial charge in [0.1, 0.15) is 0 Å². The summed E-state index contributed by atoms with van der Waals surface area (Å²) in [6.45, 7) is 9.16. The topological polar surface area (TPSA) is 18.5 Å². The van der Waals surface area contributed by atoms with Gasteiger partial charge in [-0.1, -0.05) is 0 Å². The van der Waals surface area contributed by atoms with Crippen molar-refractivity contribution in [3.8, 4) is 5.75 Å². The van der Waals surface area contributed by atoms with E-state index in [1.54, 1.807) is 7.11 Å². The van der Waals surface area contributed by atoms with E-state index >= 15 is 0 Å². The molecule has 0 saturated carbocycles. The van der Waals surface area contributed by atoms with Crippen LogP contribution in [0.5, 0.6) is 5.75 Å². The van der Waals surface area contributed by atoms with E-state index in [2.05, 4.69) is 50.8 Å². The Hall–Kier alpha value is -1.54. The second-order valence-corrected chi connectivity index (χ2v) is 9.52. The van der Waals surface area contributed by atoms with Crippen LogP contribution in [-0.2, 0) is 11.3 Å². The van der Waals surface area contributed by atoms with Crippen molar-refractivity contribution in [3.05, 3.63) is 72.8 Å². The predicted octanol–water partition coefficient (Wildman–Crippen LogP) is 5.02. The van der Waals surface area contributed by atoms with Crippen LogP contribution in [0.15, 0.2) is 67.3 Å². The molecule has 0 aliphatic carbocycles. The van der Waals surface area contributed by atoms with Crippen LogP contribution in [0.25, 0.3) is 0 Å². The summed E-state index contributed by atoms with van der Waals surface area (Å²) in [5.41, 5.74) is 1.24. The average molecular weight is 417 g/mol. The molecule has 0 amide bonds. The maximum atomic E-state index is 6.18. The third-order valence-electron chi connectivity index (χ3n) is 4.55. The summed E-state index contributed by atoms with van der Waals surface area (Å²) in [6, 6.07) is 18.8. The molecule has 1 atom stereocenters. The Morgan fingerprint density at radius 2 is 1.77 bits per heavy atom. The van der Waals surface area contributed by atoms with Gasteiger partial charge in [0.2, 0.25) is 0 Å². The van der Waals surface area contributed by atoms with E-state index in [0.29, 0.717) is 21.6 Å². The molecule has 0 N–H and O–H groups in total. The van der Waals surface area contributed by atoms with E-state index in [-0.39, 0.29) is 11.5 Å². The zero-order chi connectivity index (χ0) is 18.8. The number of methoxy groups -OCH3 is 1. The summed E-state index contributed by atoms with van der Waals surface area (Å²) < 4.78 is 12.9. The van der Waals surface area contributed by atoms with Crippen molar-refractivity contribution in [2.24, 2.45) is 5.41 Å². The normalized spacial score (nSPS) is 12.6. The van der Waals surface area contributed by atoms with Gasteiger partial charge in [-0.2, -0.15) is 0 Å². The van der Waals surface area contributed by atoms with Crippen molar-refractivity contribution in [3.63, 3.8) is 0 Å². The van der Waals surface area contributed by atoms with Gasteiger partial charge in [0, 0.05) is 0 Å². The fraction of sp³-hybridized carbons (Fsp3) is 0.391. The van der Waals surface area contributed by atoms with Gasteiger partial charge >= 0.3 is 158 Å². The summed E-state index contributed by atoms with van der Waals surface area (Å²) in [5, 5.41) is 1.27. The number of hydrogen-bond donors (Lipinski definition) is 0. The Labute approximate surface area is 164 Å². The second kappa shape index (κ2) is 10.6. The molecular formula is C23H30O2Se. The first kappa shape index (κ1) is 20.8. The quantitative estimate of drug-likeness (QED) is 0.290. The summed E-state index contributed by atoms with van der Waals surface area (Å²) in [4.78, 5) is 0. The Balaban J connectivity index is 1.79. The van der Waals surface area contributed by atoms with Crippen LogP contribution < -0.4 is 9.20 Å². The van der Waals surface area contributed by atoms with Crippen molar-refractivity contribution >= 4 is 19.4 Å². The molecule has 3 heteroatoms. The molecule has 2 rings (SSSR count). The average Bonchev–Trinajstić information content (AvgIpc) is 2.67. The van der Waals surface area contributed by atoms with Crippen LogP contribution in [0, 0.1) is 5.41 Å². The van der Waals surface area contributed by atoms with Crippen LogP contribution >= 0.6 is 0 Å². The third-order valence-corrected chi connectivity index (χ3v) is 6.85. The molecule has 0 spiro atoms. The van der Waals surface area contributed by atoms with Crippen molar-refractivity contribution in [2.45, 2.75) is 44.7 Å². The first-order valence-corrected chi connectivity index (χ1v) is 11.2. The van der Waals surface area contributed by atoms with E-state index in [1.165, 1.54) is 16.2 Å². The molecule has 0 heterocycles. The molecule has 2 aromatic rings. The van der Waals surface area contributed by atoms with Gasteiger partial charge in [-0.25, -0.2) is 0 Å². The number of ether oxygens (including phenoxy) is 2. The Morgan fingerprint density at radius 3 is 2.38 bits per heavy atom. The van der Waals surface area contributed by atoms with E-state index in [9.17, 15) is 0 Å². The Morgan fingerprint density at radius 1 is 1.08 bits per heavy atom. The zero-order valence-electron chi connectivity index (χ0n) is 16.1. The SMILES string of the molecule is C=CC(OCc1ccc(OC)cc1)C(C)(C)CCC[Se]c1ccccc1. The molecule has 0 aromatic heterocycles. The van der Waals surface area contributed by atoms with Crippen LogP contribution in [0.3, 0.4) is 0 Å². The summed E-state index contributed by atoms with van der Waals surface area (Å²) >= 11 is 0.560. The van der Waals surface area contributed by atoms with E-state index in [4.69, 9.17) is 9.47 Å². The molecule has 140 valence electrons. The molecule has 0 aliphatic rings. The molecular weight excluding hydrogens is 387 g/mol. The van der Waals surface area contributed by atoms with Crippen molar-refractivity contribution in [1.29, 1.82) is 0 Å².